The third-order valence-corrected chi connectivity index (χ3v) is 4.71. The van der Waals surface area contributed by atoms with Crippen LogP contribution < -0.4 is 5.32 Å². The predicted octanol–water partition coefficient (Wildman–Crippen LogP) is 1.03. The summed E-state index contributed by atoms with van der Waals surface area (Å²) in [5, 5.41) is 3.38. The Labute approximate surface area is 119 Å². The number of imidazole rings is 1. The van der Waals surface area contributed by atoms with Crippen molar-refractivity contribution < 1.29 is 4.79 Å². The smallest absolute Gasteiger partial charge is 0.242 e. The van der Waals surface area contributed by atoms with Crippen LogP contribution in [0.4, 0.5) is 0 Å². The summed E-state index contributed by atoms with van der Waals surface area (Å²) in [5.41, 5.74) is 2.48. The van der Waals surface area contributed by atoms with Gasteiger partial charge in [-0.3, -0.25) is 4.79 Å². The molecule has 2 fully saturated rings. The summed E-state index contributed by atoms with van der Waals surface area (Å²) in [5.74, 6) is 2.06. The summed E-state index contributed by atoms with van der Waals surface area (Å²) in [7, 11) is 0. The van der Waals surface area contributed by atoms with Gasteiger partial charge >= 0.3 is 0 Å². The Morgan fingerprint density at radius 1 is 1.30 bits per heavy atom. The monoisotopic (exact) mass is 274 g/mol. The zero-order valence-corrected chi connectivity index (χ0v) is 11.9. The third-order valence-electron chi connectivity index (χ3n) is 4.71. The van der Waals surface area contributed by atoms with Gasteiger partial charge in [-0.1, -0.05) is 0 Å². The van der Waals surface area contributed by atoms with Gasteiger partial charge in [0.05, 0.1) is 5.69 Å². The van der Waals surface area contributed by atoms with Crippen molar-refractivity contribution in [2.45, 2.75) is 51.1 Å². The van der Waals surface area contributed by atoms with E-state index < -0.39 is 0 Å². The molecule has 3 aliphatic rings. The van der Waals surface area contributed by atoms with Crippen molar-refractivity contribution in [3.05, 3.63) is 17.2 Å². The molecular formula is C15H22N4O. The highest BCUT2D eigenvalue weighted by molar-refractivity contribution is 5.76. The molecule has 1 saturated carbocycles. The lowest BCUT2D eigenvalue weighted by Gasteiger charge is -2.19. The molecule has 1 N–H and O–H groups in total. The number of rotatable bonds is 3. The van der Waals surface area contributed by atoms with E-state index in [1.165, 1.54) is 30.1 Å². The molecule has 3 heterocycles. The van der Waals surface area contributed by atoms with E-state index in [9.17, 15) is 4.79 Å². The highest BCUT2D eigenvalue weighted by Gasteiger charge is 2.33. The number of fused-ring (bicyclic) bond motifs is 1. The lowest BCUT2D eigenvalue weighted by molar-refractivity contribution is -0.130. The standard InChI is InChI=1S/C15H22N4O/c20-14(18-7-1-2-8-18)10-19-13-5-6-16-9-12(13)17-15(19)11-3-4-11/h11,16H,1-10H2. The number of nitrogens with one attached hydrogen (secondary N) is 1. The van der Waals surface area contributed by atoms with Crippen molar-refractivity contribution in [3.8, 4) is 0 Å². The molecule has 1 aromatic rings. The number of aromatic nitrogens is 2. The van der Waals surface area contributed by atoms with Crippen LogP contribution in [0, 0.1) is 0 Å². The molecule has 4 rings (SSSR count). The van der Waals surface area contributed by atoms with Crippen LogP contribution in [0.15, 0.2) is 0 Å². The predicted molar refractivity (Wildman–Crippen MR) is 75.4 cm³/mol. The van der Waals surface area contributed by atoms with Crippen molar-refractivity contribution in [2.24, 2.45) is 0 Å². The lowest BCUT2D eigenvalue weighted by atomic mass is 10.2. The second-order valence-corrected chi connectivity index (χ2v) is 6.24. The van der Waals surface area contributed by atoms with Crippen molar-refractivity contribution in [3.63, 3.8) is 0 Å². The molecule has 1 aromatic heterocycles. The molecule has 1 saturated heterocycles. The summed E-state index contributed by atoms with van der Waals surface area (Å²) in [6.07, 6.45) is 5.80. The summed E-state index contributed by atoms with van der Waals surface area (Å²) in [4.78, 5) is 19.3. The summed E-state index contributed by atoms with van der Waals surface area (Å²) >= 11 is 0. The fourth-order valence-electron chi connectivity index (χ4n) is 3.42. The average Bonchev–Trinajstić information content (AvgIpc) is 3.03. The molecule has 20 heavy (non-hydrogen) atoms. The Kier molecular flexibility index (Phi) is 3.02. The van der Waals surface area contributed by atoms with E-state index in [2.05, 4.69) is 9.88 Å². The second kappa shape index (κ2) is 4.88. The van der Waals surface area contributed by atoms with Gasteiger partial charge in [0.1, 0.15) is 12.4 Å². The van der Waals surface area contributed by atoms with Crippen LogP contribution in [-0.4, -0.2) is 40.0 Å². The van der Waals surface area contributed by atoms with Gasteiger partial charge in [0.2, 0.25) is 5.91 Å². The van der Waals surface area contributed by atoms with Crippen LogP contribution in [0.2, 0.25) is 0 Å². The van der Waals surface area contributed by atoms with Crippen molar-refractivity contribution in [1.29, 1.82) is 0 Å². The second-order valence-electron chi connectivity index (χ2n) is 6.24. The maximum atomic E-state index is 12.5. The number of carbonyl (C=O) groups excluding carboxylic acids is 1. The number of hydrogen-bond donors (Lipinski definition) is 1. The summed E-state index contributed by atoms with van der Waals surface area (Å²) < 4.78 is 2.24. The number of nitrogens with zero attached hydrogens (tertiary/aromatic N) is 3. The van der Waals surface area contributed by atoms with Gasteiger partial charge in [-0.15, -0.1) is 0 Å². The van der Waals surface area contributed by atoms with Crippen LogP contribution >= 0.6 is 0 Å². The van der Waals surface area contributed by atoms with Crippen LogP contribution in [0.3, 0.4) is 0 Å². The van der Waals surface area contributed by atoms with E-state index >= 15 is 0 Å². The first-order valence-electron chi connectivity index (χ1n) is 7.89. The molecule has 1 amide bonds. The molecule has 5 nitrogen and oxygen atoms in total. The van der Waals surface area contributed by atoms with Crippen molar-refractivity contribution >= 4 is 5.91 Å². The van der Waals surface area contributed by atoms with Gasteiger partial charge < -0.3 is 14.8 Å². The molecule has 0 aromatic carbocycles. The minimum absolute atomic E-state index is 0.281. The topological polar surface area (TPSA) is 50.2 Å². The molecule has 0 radical (unpaired) electrons. The van der Waals surface area contributed by atoms with Gasteiger partial charge in [0, 0.05) is 44.2 Å². The summed E-state index contributed by atoms with van der Waals surface area (Å²) in [6, 6.07) is 0. The first-order valence-corrected chi connectivity index (χ1v) is 7.89. The highest BCUT2D eigenvalue weighted by Crippen LogP contribution is 2.40. The van der Waals surface area contributed by atoms with Crippen LogP contribution in [0.1, 0.15) is 48.8 Å². The quantitative estimate of drug-likeness (QED) is 0.895. The molecule has 0 spiro atoms. The molecular weight excluding hydrogens is 252 g/mol. The van der Waals surface area contributed by atoms with Gasteiger partial charge in [-0.05, 0) is 25.7 Å². The van der Waals surface area contributed by atoms with Gasteiger partial charge in [0.25, 0.3) is 0 Å². The van der Waals surface area contributed by atoms with E-state index in [-0.39, 0.29) is 5.91 Å². The number of carbonyl (C=O) groups is 1. The van der Waals surface area contributed by atoms with E-state index in [0.29, 0.717) is 12.5 Å². The average molecular weight is 274 g/mol. The Bertz CT molecular complexity index is 526. The number of likely N-dealkylation sites (tertiary alicyclic amines) is 1. The van der Waals surface area contributed by atoms with Crippen LogP contribution in [0.5, 0.6) is 0 Å². The molecule has 2 aliphatic heterocycles. The zero-order valence-electron chi connectivity index (χ0n) is 11.9. The first kappa shape index (κ1) is 12.4. The highest BCUT2D eigenvalue weighted by atomic mass is 16.2. The Morgan fingerprint density at radius 2 is 2.10 bits per heavy atom. The van der Waals surface area contributed by atoms with Crippen molar-refractivity contribution in [1.82, 2.24) is 19.8 Å². The third kappa shape index (κ3) is 2.14. The van der Waals surface area contributed by atoms with Crippen LogP contribution in [-0.2, 0) is 24.3 Å². The fraction of sp³-hybridized carbons (Fsp3) is 0.733. The molecule has 5 heteroatoms. The van der Waals surface area contributed by atoms with E-state index in [1.807, 2.05) is 4.90 Å². The normalized spacial score (nSPS) is 22.1. The maximum Gasteiger partial charge on any atom is 0.242 e. The Morgan fingerprint density at radius 3 is 2.85 bits per heavy atom. The molecule has 0 atom stereocenters. The van der Waals surface area contributed by atoms with Crippen molar-refractivity contribution in [2.75, 3.05) is 19.6 Å². The largest absolute Gasteiger partial charge is 0.341 e. The number of hydrogen-bond acceptors (Lipinski definition) is 3. The van der Waals surface area contributed by atoms with Crippen LogP contribution in [0.25, 0.3) is 0 Å². The molecule has 0 unspecified atom stereocenters. The zero-order chi connectivity index (χ0) is 13.5. The minimum Gasteiger partial charge on any atom is -0.341 e. The fourth-order valence-corrected chi connectivity index (χ4v) is 3.42. The molecule has 1 aliphatic carbocycles. The Balaban J connectivity index is 1.61. The lowest BCUT2D eigenvalue weighted by Crippen LogP contribution is -2.33. The molecule has 108 valence electrons. The van der Waals surface area contributed by atoms with Gasteiger partial charge in [-0.25, -0.2) is 4.98 Å². The van der Waals surface area contributed by atoms with E-state index in [4.69, 9.17) is 4.98 Å². The first-order chi connectivity index (χ1) is 9.83. The van der Waals surface area contributed by atoms with E-state index in [1.54, 1.807) is 0 Å². The van der Waals surface area contributed by atoms with Gasteiger partial charge in [0.15, 0.2) is 0 Å². The molecule has 0 bridgehead atoms. The number of amides is 1. The van der Waals surface area contributed by atoms with Gasteiger partial charge in [-0.2, -0.15) is 0 Å². The maximum absolute atomic E-state index is 12.5. The Hall–Kier alpha value is -1.36. The SMILES string of the molecule is O=C(Cn1c(C2CC2)nc2c1CCNC2)N1CCCC1. The summed E-state index contributed by atoms with van der Waals surface area (Å²) in [6.45, 7) is 4.25. The van der Waals surface area contributed by atoms with E-state index in [0.717, 1.165) is 45.4 Å². The minimum atomic E-state index is 0.281.